The average molecular weight is 637 g/mol. The van der Waals surface area contributed by atoms with E-state index in [1.54, 1.807) is 49.9 Å². The van der Waals surface area contributed by atoms with Gasteiger partial charge in [-0.15, -0.1) is 11.8 Å². The normalized spacial score (nSPS) is 15.6. The Morgan fingerprint density at radius 2 is 1.68 bits per heavy atom. The third-order valence-electron chi connectivity index (χ3n) is 6.75. The molecule has 12 nitrogen and oxygen atoms in total. The van der Waals surface area contributed by atoms with Crippen LogP contribution in [0, 0.1) is 5.92 Å². The predicted octanol–water partition coefficient (Wildman–Crippen LogP) is 4.32. The van der Waals surface area contributed by atoms with Crippen molar-refractivity contribution in [3.63, 3.8) is 0 Å². The van der Waals surface area contributed by atoms with Crippen LogP contribution in [0.4, 0.5) is 10.5 Å². The number of rotatable bonds is 17. The molecule has 0 radical (unpaired) electrons. The molecule has 0 spiro atoms. The zero-order chi connectivity index (χ0) is 33.2. The Hall–Kier alpha value is -3.61. The summed E-state index contributed by atoms with van der Waals surface area (Å²) in [7, 11) is 0. The molecule has 1 aromatic carbocycles. The fourth-order valence-corrected chi connectivity index (χ4v) is 5.43. The maximum atomic E-state index is 12.7. The van der Waals surface area contributed by atoms with E-state index in [4.69, 9.17) is 5.11 Å². The molecule has 0 bridgehead atoms. The van der Waals surface area contributed by atoms with Crippen LogP contribution in [-0.4, -0.2) is 75.3 Å². The van der Waals surface area contributed by atoms with E-state index in [0.29, 0.717) is 42.3 Å². The van der Waals surface area contributed by atoms with E-state index >= 15 is 0 Å². The first-order valence-corrected chi connectivity index (χ1v) is 16.2. The number of carboxylic acid groups (broad SMARTS) is 1. The third kappa shape index (κ3) is 13.8. The van der Waals surface area contributed by atoms with Gasteiger partial charge in [-0.25, -0.2) is 4.79 Å². The minimum atomic E-state index is -1.38. The molecule has 44 heavy (non-hydrogen) atoms. The van der Waals surface area contributed by atoms with Crippen LogP contribution in [0.15, 0.2) is 24.3 Å². The number of likely N-dealkylation sites (tertiary alicyclic amines) is 1. The minimum Gasteiger partial charge on any atom is -0.450 e. The molecule has 0 aromatic heterocycles. The smallest absolute Gasteiger partial charge is 0.450 e. The van der Waals surface area contributed by atoms with Crippen LogP contribution in [0.1, 0.15) is 85.6 Å². The van der Waals surface area contributed by atoms with E-state index in [0.717, 1.165) is 6.42 Å². The molecule has 2 rings (SSSR count). The first-order valence-electron chi connectivity index (χ1n) is 15.2. The van der Waals surface area contributed by atoms with Gasteiger partial charge in [0.05, 0.1) is 11.8 Å². The number of nitrogens with zero attached hydrogens (tertiary/aromatic N) is 1. The zero-order valence-corrected chi connectivity index (χ0v) is 27.5. The Bertz CT molecular complexity index is 1110. The van der Waals surface area contributed by atoms with Crippen LogP contribution in [0.3, 0.4) is 0 Å². The van der Waals surface area contributed by atoms with Gasteiger partial charge in [-0.2, -0.15) is 0 Å². The van der Waals surface area contributed by atoms with Gasteiger partial charge in [-0.1, -0.05) is 60.1 Å². The number of ether oxygens (including phenoxy) is 1. The predicted molar refractivity (Wildman–Crippen MR) is 170 cm³/mol. The molecule has 0 saturated carbocycles. The van der Waals surface area contributed by atoms with Crippen molar-refractivity contribution in [1.82, 2.24) is 15.5 Å². The number of hydrogen-bond acceptors (Lipinski definition) is 8. The molecule has 0 aliphatic carbocycles. The summed E-state index contributed by atoms with van der Waals surface area (Å²) in [4.78, 5) is 74.2. The monoisotopic (exact) mass is 636 g/mol. The highest BCUT2D eigenvalue weighted by atomic mass is 32.2. The lowest BCUT2D eigenvalue weighted by molar-refractivity contribution is -0.138. The number of hydrogen-bond donors (Lipinski definition) is 4. The van der Waals surface area contributed by atoms with Crippen LogP contribution in [0.2, 0.25) is 0 Å². The summed E-state index contributed by atoms with van der Waals surface area (Å²) in [5, 5.41) is 16.5. The van der Waals surface area contributed by atoms with Crippen molar-refractivity contribution >= 4 is 53.1 Å². The van der Waals surface area contributed by atoms with E-state index < -0.39 is 24.0 Å². The summed E-state index contributed by atoms with van der Waals surface area (Å²) in [6, 6.07) is 5.57. The average Bonchev–Trinajstić information content (AvgIpc) is 3.25. The summed E-state index contributed by atoms with van der Waals surface area (Å²) in [6.45, 7) is 11.6. The van der Waals surface area contributed by atoms with Crippen molar-refractivity contribution in [3.8, 4) is 0 Å². The molecule has 1 aliphatic rings. The fourth-order valence-electron chi connectivity index (χ4n) is 4.20. The van der Waals surface area contributed by atoms with Crippen molar-refractivity contribution in [2.45, 2.75) is 103 Å². The summed E-state index contributed by atoms with van der Waals surface area (Å²) in [5.74, 6) is -1.72. The van der Waals surface area contributed by atoms with Crippen LogP contribution in [-0.2, 0) is 35.3 Å². The Kier molecular flexibility index (Phi) is 17.8. The summed E-state index contributed by atoms with van der Waals surface area (Å²) in [5.41, 5.74) is 1.08. The molecule has 1 aliphatic heterocycles. The van der Waals surface area contributed by atoms with E-state index in [1.807, 2.05) is 20.8 Å². The van der Waals surface area contributed by atoms with Crippen LogP contribution in [0.5, 0.6) is 0 Å². The van der Waals surface area contributed by atoms with Crippen molar-refractivity contribution in [3.05, 3.63) is 29.8 Å². The minimum absolute atomic E-state index is 0.110. The molecule has 1 saturated heterocycles. The van der Waals surface area contributed by atoms with Crippen molar-refractivity contribution < 1.29 is 38.6 Å². The van der Waals surface area contributed by atoms with Gasteiger partial charge in [0, 0.05) is 30.3 Å². The summed E-state index contributed by atoms with van der Waals surface area (Å²) in [6.07, 6.45) is 1.80. The molecule has 13 heteroatoms. The Labute approximate surface area is 264 Å². The number of imide groups is 1. The van der Waals surface area contributed by atoms with Gasteiger partial charge in [0.15, 0.2) is 0 Å². The second kappa shape index (κ2) is 20.4. The standard InChI is InChI=1S/C29H42N4O8S.C2H6/c1-5-19(4)42-22-15-25(36)33(28(22)38)14-8-6-7-9-23(34)32-26(18(2)3)27(37)30-16-24(35)31-21-12-10-20(11-13-21)17-41-29(39)40;1-2/h10-13,18-19,22,26H,5-9,14-17H2,1-4H3,(H,30,37)(H,31,35)(H,32,34)(H,39,40);1-2H3. The Balaban J connectivity index is 0.00000474. The van der Waals surface area contributed by atoms with E-state index in [9.17, 15) is 28.8 Å². The maximum Gasteiger partial charge on any atom is 0.506 e. The zero-order valence-electron chi connectivity index (χ0n) is 26.6. The van der Waals surface area contributed by atoms with Gasteiger partial charge in [0.1, 0.15) is 12.6 Å². The topological polar surface area (TPSA) is 171 Å². The maximum absolute atomic E-state index is 12.7. The third-order valence-corrected chi connectivity index (χ3v) is 8.24. The molecule has 5 amide bonds. The van der Waals surface area contributed by atoms with Gasteiger partial charge in [0.2, 0.25) is 29.5 Å². The molecule has 1 heterocycles. The van der Waals surface area contributed by atoms with Crippen LogP contribution in [0.25, 0.3) is 0 Å². The van der Waals surface area contributed by atoms with Crippen LogP contribution >= 0.6 is 11.8 Å². The van der Waals surface area contributed by atoms with E-state index in [1.165, 1.54) is 4.90 Å². The summed E-state index contributed by atoms with van der Waals surface area (Å²) >= 11 is 1.55. The van der Waals surface area contributed by atoms with Gasteiger partial charge in [-0.3, -0.25) is 28.9 Å². The highest BCUT2D eigenvalue weighted by molar-refractivity contribution is 8.01. The van der Waals surface area contributed by atoms with E-state index in [2.05, 4.69) is 27.6 Å². The second-order valence-electron chi connectivity index (χ2n) is 10.5. The SMILES string of the molecule is CC.CCC(C)SC1CC(=O)N(CCCCCC(=O)NC(C(=O)NCC(=O)Nc2ccc(COC(=O)O)cc2)C(C)C)C1=O. The molecule has 3 atom stereocenters. The number of benzene rings is 1. The second-order valence-corrected chi connectivity index (χ2v) is 12.2. The highest BCUT2D eigenvalue weighted by Gasteiger charge is 2.39. The lowest BCUT2D eigenvalue weighted by Crippen LogP contribution is -2.51. The number of nitrogens with one attached hydrogen (secondary N) is 3. The molecule has 1 fully saturated rings. The number of anilines is 1. The Morgan fingerprint density at radius 3 is 2.27 bits per heavy atom. The quantitative estimate of drug-likeness (QED) is 0.110. The lowest BCUT2D eigenvalue weighted by atomic mass is 10.0. The van der Waals surface area contributed by atoms with Crippen molar-refractivity contribution in [2.75, 3.05) is 18.4 Å². The van der Waals surface area contributed by atoms with Crippen LogP contribution < -0.4 is 16.0 Å². The molecule has 3 unspecified atom stereocenters. The van der Waals surface area contributed by atoms with Gasteiger partial charge in [-0.05, 0) is 42.9 Å². The number of amides is 5. The highest BCUT2D eigenvalue weighted by Crippen LogP contribution is 2.29. The number of unbranched alkanes of at least 4 members (excludes halogenated alkanes) is 2. The fraction of sp³-hybridized carbons (Fsp3) is 0.613. The van der Waals surface area contributed by atoms with Crippen molar-refractivity contribution in [1.29, 1.82) is 0 Å². The number of carbonyl (C=O) groups is 6. The molecular weight excluding hydrogens is 588 g/mol. The number of thioether (sulfide) groups is 1. The van der Waals surface area contributed by atoms with E-state index in [-0.39, 0.29) is 54.9 Å². The van der Waals surface area contributed by atoms with Gasteiger partial charge < -0.3 is 25.8 Å². The molecule has 4 N–H and O–H groups in total. The van der Waals surface area contributed by atoms with Crippen molar-refractivity contribution in [2.24, 2.45) is 5.92 Å². The largest absolute Gasteiger partial charge is 0.506 e. The first kappa shape index (κ1) is 38.4. The molecule has 1 aromatic rings. The lowest BCUT2D eigenvalue weighted by Gasteiger charge is -2.21. The molecular formula is C31H48N4O8S. The Morgan fingerprint density at radius 1 is 1.02 bits per heavy atom. The first-order chi connectivity index (χ1) is 20.9. The van der Waals surface area contributed by atoms with Gasteiger partial charge >= 0.3 is 6.16 Å². The molecule has 246 valence electrons. The summed E-state index contributed by atoms with van der Waals surface area (Å²) < 4.78 is 4.48. The van der Waals surface area contributed by atoms with Gasteiger partial charge in [0.25, 0.3) is 0 Å². The number of carbonyl (C=O) groups excluding carboxylic acids is 5.